The van der Waals surface area contributed by atoms with E-state index in [0.29, 0.717) is 118 Å². The number of esters is 1. The standard InChI is InChI=1S/C24H47ClO10/c1-2-3-4-5-24(26)35-23-22-34-21-20-33-19-18-32-17-16-31-15-14-30-13-12-29-11-10-28-9-8-27-7-6-25/h2-23H2,1H3. The molecule has 0 bridgehead atoms. The summed E-state index contributed by atoms with van der Waals surface area (Å²) in [6, 6.07) is 0. The van der Waals surface area contributed by atoms with Gasteiger partial charge in [0, 0.05) is 12.3 Å². The first kappa shape index (κ1) is 34.4. The summed E-state index contributed by atoms with van der Waals surface area (Å²) < 4.78 is 48.1. The number of ether oxygens (including phenoxy) is 9. The molecule has 0 fully saturated rings. The van der Waals surface area contributed by atoms with E-state index in [0.717, 1.165) is 19.3 Å². The number of carbonyl (C=O) groups excluding carboxylic acids is 1. The van der Waals surface area contributed by atoms with Crippen molar-refractivity contribution in [3.63, 3.8) is 0 Å². The topological polar surface area (TPSA) is 100 Å². The lowest BCUT2D eigenvalue weighted by Gasteiger charge is -2.09. The van der Waals surface area contributed by atoms with Crippen LogP contribution in [0.2, 0.25) is 0 Å². The van der Waals surface area contributed by atoms with Crippen LogP contribution in [0, 0.1) is 0 Å². The summed E-state index contributed by atoms with van der Waals surface area (Å²) in [4.78, 5) is 11.4. The summed E-state index contributed by atoms with van der Waals surface area (Å²) in [5, 5.41) is 0. The first-order chi connectivity index (χ1) is 17.3. The van der Waals surface area contributed by atoms with Crippen molar-refractivity contribution in [3.8, 4) is 0 Å². The second-order valence-corrected chi connectivity index (χ2v) is 7.64. The van der Waals surface area contributed by atoms with E-state index < -0.39 is 0 Å². The summed E-state index contributed by atoms with van der Waals surface area (Å²) in [5.74, 6) is 0.341. The molecule has 0 aromatic carbocycles. The third kappa shape index (κ3) is 31.4. The van der Waals surface area contributed by atoms with Gasteiger partial charge in [-0.2, -0.15) is 0 Å². The number of halogens is 1. The van der Waals surface area contributed by atoms with Gasteiger partial charge < -0.3 is 42.6 Å². The maximum absolute atomic E-state index is 11.4. The van der Waals surface area contributed by atoms with Crippen molar-refractivity contribution in [2.45, 2.75) is 32.6 Å². The quantitative estimate of drug-likeness (QED) is 0.0782. The maximum Gasteiger partial charge on any atom is 0.305 e. The Balaban J connectivity index is 3.06. The lowest BCUT2D eigenvalue weighted by atomic mass is 10.2. The van der Waals surface area contributed by atoms with Crippen molar-refractivity contribution in [1.82, 2.24) is 0 Å². The van der Waals surface area contributed by atoms with Crippen molar-refractivity contribution in [3.05, 3.63) is 0 Å². The molecule has 0 unspecified atom stereocenters. The summed E-state index contributed by atoms with van der Waals surface area (Å²) in [5.41, 5.74) is 0. The monoisotopic (exact) mass is 530 g/mol. The van der Waals surface area contributed by atoms with Gasteiger partial charge in [-0.3, -0.25) is 4.79 Å². The molecule has 210 valence electrons. The molecule has 35 heavy (non-hydrogen) atoms. The average molecular weight is 531 g/mol. The highest BCUT2D eigenvalue weighted by molar-refractivity contribution is 6.17. The smallest absolute Gasteiger partial charge is 0.305 e. The Morgan fingerprint density at radius 1 is 0.486 bits per heavy atom. The minimum absolute atomic E-state index is 0.157. The van der Waals surface area contributed by atoms with E-state index in [2.05, 4.69) is 6.92 Å². The van der Waals surface area contributed by atoms with Crippen LogP contribution in [-0.4, -0.2) is 124 Å². The van der Waals surface area contributed by atoms with Crippen LogP contribution in [0.4, 0.5) is 0 Å². The molecule has 0 aromatic rings. The summed E-state index contributed by atoms with van der Waals surface area (Å²) in [6.45, 7) is 10.5. The molecule has 0 saturated carbocycles. The second kappa shape index (κ2) is 31.5. The largest absolute Gasteiger partial charge is 0.463 e. The SMILES string of the molecule is CCCCCC(=O)OCCOCCOCCOCCOCCOCCOCCOCCOCCCl. The molecular formula is C24H47ClO10. The number of unbranched alkanes of at least 4 members (excludes halogenated alkanes) is 2. The zero-order valence-corrected chi connectivity index (χ0v) is 22.3. The highest BCUT2D eigenvalue weighted by Crippen LogP contribution is 2.00. The first-order valence-electron chi connectivity index (χ1n) is 12.6. The van der Waals surface area contributed by atoms with E-state index in [-0.39, 0.29) is 12.6 Å². The zero-order valence-electron chi connectivity index (χ0n) is 21.5. The molecule has 0 atom stereocenters. The molecule has 0 aliphatic carbocycles. The predicted octanol–water partition coefficient (Wildman–Crippen LogP) is 2.48. The summed E-state index contributed by atoms with van der Waals surface area (Å²) in [6.07, 6.45) is 3.51. The van der Waals surface area contributed by atoms with Gasteiger partial charge in [0.15, 0.2) is 0 Å². The molecule has 0 heterocycles. The van der Waals surface area contributed by atoms with Crippen molar-refractivity contribution in [2.24, 2.45) is 0 Å². The van der Waals surface area contributed by atoms with Gasteiger partial charge in [-0.15, -0.1) is 11.6 Å². The summed E-state index contributed by atoms with van der Waals surface area (Å²) >= 11 is 5.49. The van der Waals surface area contributed by atoms with Crippen LogP contribution >= 0.6 is 11.6 Å². The van der Waals surface area contributed by atoms with Crippen LogP contribution in [0.15, 0.2) is 0 Å². The molecule has 0 aromatic heterocycles. The highest BCUT2D eigenvalue weighted by atomic mass is 35.5. The van der Waals surface area contributed by atoms with Crippen molar-refractivity contribution in [1.29, 1.82) is 0 Å². The number of carbonyl (C=O) groups is 1. The van der Waals surface area contributed by atoms with Crippen LogP contribution in [0.5, 0.6) is 0 Å². The average Bonchev–Trinajstić information content (AvgIpc) is 2.86. The predicted molar refractivity (Wildman–Crippen MR) is 132 cm³/mol. The summed E-state index contributed by atoms with van der Waals surface area (Å²) in [7, 11) is 0. The third-order valence-corrected chi connectivity index (χ3v) is 4.46. The minimum atomic E-state index is -0.157. The van der Waals surface area contributed by atoms with E-state index in [1.54, 1.807) is 0 Å². The maximum atomic E-state index is 11.4. The van der Waals surface area contributed by atoms with Gasteiger partial charge in [-0.25, -0.2) is 0 Å². The molecule has 11 heteroatoms. The first-order valence-corrected chi connectivity index (χ1v) is 13.2. The van der Waals surface area contributed by atoms with Gasteiger partial charge >= 0.3 is 5.97 Å². The van der Waals surface area contributed by atoms with E-state index >= 15 is 0 Å². The van der Waals surface area contributed by atoms with E-state index in [9.17, 15) is 4.79 Å². The van der Waals surface area contributed by atoms with Crippen LogP contribution < -0.4 is 0 Å². The van der Waals surface area contributed by atoms with E-state index in [4.69, 9.17) is 54.2 Å². The van der Waals surface area contributed by atoms with Crippen molar-refractivity contribution < 1.29 is 47.4 Å². The van der Waals surface area contributed by atoms with Crippen molar-refractivity contribution >= 4 is 17.6 Å². The Morgan fingerprint density at radius 3 is 1.11 bits per heavy atom. The Bertz CT molecular complexity index is 418. The molecule has 0 radical (unpaired) electrons. The Hall–Kier alpha value is -0.560. The van der Waals surface area contributed by atoms with Crippen LogP contribution in [0.25, 0.3) is 0 Å². The fourth-order valence-electron chi connectivity index (χ4n) is 2.50. The molecule has 0 aliphatic rings. The molecule has 0 rings (SSSR count). The number of hydrogen-bond acceptors (Lipinski definition) is 10. The van der Waals surface area contributed by atoms with Gasteiger partial charge in [0.2, 0.25) is 0 Å². The minimum Gasteiger partial charge on any atom is -0.463 e. The van der Waals surface area contributed by atoms with Crippen LogP contribution in [-0.2, 0) is 47.4 Å². The van der Waals surface area contributed by atoms with Gasteiger partial charge in [0.1, 0.15) is 6.61 Å². The lowest BCUT2D eigenvalue weighted by molar-refractivity contribution is -0.145. The van der Waals surface area contributed by atoms with E-state index in [1.165, 1.54) is 0 Å². The zero-order chi connectivity index (χ0) is 25.5. The molecule has 0 saturated heterocycles. The Kier molecular flexibility index (Phi) is 31.0. The fourth-order valence-corrected chi connectivity index (χ4v) is 2.61. The van der Waals surface area contributed by atoms with Gasteiger partial charge in [0.05, 0.1) is 106 Å². The third-order valence-electron chi connectivity index (χ3n) is 4.30. The van der Waals surface area contributed by atoms with Crippen LogP contribution in [0.1, 0.15) is 32.6 Å². The molecule has 0 spiro atoms. The van der Waals surface area contributed by atoms with Crippen molar-refractivity contribution in [2.75, 3.05) is 118 Å². The number of alkyl halides is 1. The van der Waals surface area contributed by atoms with Crippen LogP contribution in [0.3, 0.4) is 0 Å². The number of hydrogen-bond donors (Lipinski definition) is 0. The van der Waals surface area contributed by atoms with Gasteiger partial charge in [-0.1, -0.05) is 19.8 Å². The van der Waals surface area contributed by atoms with E-state index in [1.807, 2.05) is 0 Å². The Morgan fingerprint density at radius 2 is 0.800 bits per heavy atom. The molecule has 0 amide bonds. The normalized spacial score (nSPS) is 11.3. The second-order valence-electron chi connectivity index (χ2n) is 7.27. The molecular weight excluding hydrogens is 484 g/mol. The molecule has 0 N–H and O–H groups in total. The molecule has 0 aliphatic heterocycles. The lowest BCUT2D eigenvalue weighted by Crippen LogP contribution is -2.15. The molecule has 10 nitrogen and oxygen atoms in total. The highest BCUT2D eigenvalue weighted by Gasteiger charge is 2.01. The Labute approximate surface area is 216 Å². The fraction of sp³-hybridized carbons (Fsp3) is 0.958. The van der Waals surface area contributed by atoms with Gasteiger partial charge in [-0.05, 0) is 6.42 Å². The number of rotatable bonds is 30. The van der Waals surface area contributed by atoms with Gasteiger partial charge in [0.25, 0.3) is 0 Å².